The van der Waals surface area contributed by atoms with E-state index in [0.29, 0.717) is 11.2 Å². The van der Waals surface area contributed by atoms with Crippen LogP contribution in [0, 0.1) is 5.82 Å². The fraction of sp³-hybridized carbons (Fsp3) is 0. The van der Waals surface area contributed by atoms with Gasteiger partial charge in [0.15, 0.2) is 17.0 Å². The van der Waals surface area contributed by atoms with Crippen LogP contribution in [0.3, 0.4) is 0 Å². The van der Waals surface area contributed by atoms with Gasteiger partial charge >= 0.3 is 10.1 Å². The highest BCUT2D eigenvalue weighted by Gasteiger charge is 2.22. The molecule has 27 heavy (non-hydrogen) atoms. The summed E-state index contributed by atoms with van der Waals surface area (Å²) in [6.45, 7) is 0. The Hall–Kier alpha value is -2.97. The summed E-state index contributed by atoms with van der Waals surface area (Å²) in [5.74, 6) is -0.501. The Bertz CT molecular complexity index is 1210. The maximum absolute atomic E-state index is 13.1. The first-order valence-electron chi connectivity index (χ1n) is 7.64. The second-order valence-electron chi connectivity index (χ2n) is 5.48. The molecule has 0 N–H and O–H groups in total. The fourth-order valence-corrected chi connectivity index (χ4v) is 3.50. The number of halogens is 2. The molecule has 0 aliphatic heterocycles. The van der Waals surface area contributed by atoms with Gasteiger partial charge in [-0.3, -0.25) is 0 Å². The van der Waals surface area contributed by atoms with Gasteiger partial charge < -0.3 is 8.60 Å². The minimum Gasteiger partial charge on any atom is -0.434 e. The van der Waals surface area contributed by atoms with Crippen molar-refractivity contribution in [3.8, 4) is 17.2 Å². The van der Waals surface area contributed by atoms with Gasteiger partial charge in [-0.05, 0) is 48.5 Å². The number of hydrogen-bond acceptors (Lipinski definition) is 6. The van der Waals surface area contributed by atoms with E-state index >= 15 is 0 Å². The Labute approximate surface area is 158 Å². The van der Waals surface area contributed by atoms with E-state index in [2.05, 4.69) is 9.97 Å². The molecule has 2 heterocycles. The molecule has 0 spiro atoms. The van der Waals surface area contributed by atoms with Crippen LogP contribution in [-0.2, 0) is 10.1 Å². The van der Waals surface area contributed by atoms with Gasteiger partial charge in [0.2, 0.25) is 5.89 Å². The number of rotatable bonds is 4. The van der Waals surface area contributed by atoms with Crippen molar-refractivity contribution in [2.24, 2.45) is 0 Å². The first-order chi connectivity index (χ1) is 12.9. The van der Waals surface area contributed by atoms with Crippen molar-refractivity contribution in [3.63, 3.8) is 0 Å². The number of aromatic nitrogens is 2. The highest BCUT2D eigenvalue weighted by Crippen LogP contribution is 2.35. The fourth-order valence-electron chi connectivity index (χ4n) is 2.39. The lowest BCUT2D eigenvalue weighted by Crippen LogP contribution is -2.10. The Kier molecular flexibility index (Phi) is 4.29. The maximum atomic E-state index is 13.1. The summed E-state index contributed by atoms with van der Waals surface area (Å²) < 4.78 is 49.0. The summed E-state index contributed by atoms with van der Waals surface area (Å²) in [6, 6.07) is 12.1. The molecule has 6 nitrogen and oxygen atoms in total. The Balaban J connectivity index is 1.78. The van der Waals surface area contributed by atoms with Crippen LogP contribution in [0.5, 0.6) is 5.75 Å². The van der Waals surface area contributed by atoms with Gasteiger partial charge in [0.05, 0.1) is 5.56 Å². The molecule has 0 saturated heterocycles. The monoisotopic (exact) mass is 404 g/mol. The van der Waals surface area contributed by atoms with Gasteiger partial charge in [0, 0.05) is 17.3 Å². The quantitative estimate of drug-likeness (QED) is 0.467. The zero-order chi connectivity index (χ0) is 19.0. The number of fused-ring (bicyclic) bond motifs is 1. The van der Waals surface area contributed by atoms with Gasteiger partial charge in [-0.25, -0.2) is 9.37 Å². The number of pyridine rings is 1. The van der Waals surface area contributed by atoms with Crippen LogP contribution in [-0.4, -0.2) is 18.4 Å². The highest BCUT2D eigenvalue weighted by atomic mass is 35.5. The van der Waals surface area contributed by atoms with Crippen LogP contribution in [0.1, 0.15) is 0 Å². The largest absolute Gasteiger partial charge is 0.434 e. The topological polar surface area (TPSA) is 82.3 Å². The molecule has 0 aliphatic rings. The van der Waals surface area contributed by atoms with Crippen LogP contribution >= 0.6 is 11.6 Å². The molecule has 4 rings (SSSR count). The molecule has 2 aromatic carbocycles. The van der Waals surface area contributed by atoms with E-state index in [4.69, 9.17) is 20.2 Å². The molecule has 0 atom stereocenters. The van der Waals surface area contributed by atoms with Crippen molar-refractivity contribution < 1.29 is 21.4 Å². The Morgan fingerprint density at radius 3 is 2.59 bits per heavy atom. The van der Waals surface area contributed by atoms with Crippen molar-refractivity contribution in [2.75, 3.05) is 0 Å². The normalized spacial score (nSPS) is 11.6. The van der Waals surface area contributed by atoms with Gasteiger partial charge in [-0.2, -0.15) is 13.4 Å². The molecule has 0 radical (unpaired) electrons. The minimum atomic E-state index is -4.22. The molecule has 4 aromatic rings. The Morgan fingerprint density at radius 1 is 1.07 bits per heavy atom. The average Bonchev–Trinajstić information content (AvgIpc) is 3.05. The van der Waals surface area contributed by atoms with E-state index < -0.39 is 15.9 Å². The third kappa shape index (κ3) is 3.49. The molecule has 2 aromatic heterocycles. The lowest BCUT2D eigenvalue weighted by molar-refractivity contribution is 0.485. The lowest BCUT2D eigenvalue weighted by Gasteiger charge is -2.10. The van der Waals surface area contributed by atoms with E-state index in [0.717, 1.165) is 24.3 Å². The lowest BCUT2D eigenvalue weighted by atomic mass is 10.2. The Morgan fingerprint density at radius 2 is 1.85 bits per heavy atom. The van der Waals surface area contributed by atoms with Crippen molar-refractivity contribution >= 4 is 32.9 Å². The molecule has 9 heteroatoms. The summed E-state index contributed by atoms with van der Waals surface area (Å²) in [4.78, 5) is 8.12. The van der Waals surface area contributed by atoms with E-state index in [1.165, 1.54) is 12.1 Å². The number of benzene rings is 2. The first kappa shape index (κ1) is 17.4. The number of hydrogen-bond donors (Lipinski definition) is 0. The maximum Gasteiger partial charge on any atom is 0.339 e. The number of nitrogens with zero attached hydrogens (tertiary/aromatic N) is 2. The molecule has 0 fully saturated rings. The van der Waals surface area contributed by atoms with E-state index in [9.17, 15) is 12.8 Å². The van der Waals surface area contributed by atoms with Crippen molar-refractivity contribution in [1.82, 2.24) is 9.97 Å². The molecule has 0 amide bonds. The standard InChI is InChI=1S/C18H10ClFN2O4S/c19-11-3-8-14(18-22-17-15(25-18)2-1-9-21-17)16(10-11)26-27(23,24)13-6-4-12(20)5-7-13/h1-10H. The van der Waals surface area contributed by atoms with Crippen LogP contribution in [0.4, 0.5) is 4.39 Å². The van der Waals surface area contributed by atoms with Crippen LogP contribution < -0.4 is 4.18 Å². The van der Waals surface area contributed by atoms with Gasteiger partial charge in [-0.1, -0.05) is 11.6 Å². The van der Waals surface area contributed by atoms with Crippen molar-refractivity contribution in [1.29, 1.82) is 0 Å². The zero-order valence-corrected chi connectivity index (χ0v) is 15.0. The summed E-state index contributed by atoms with van der Waals surface area (Å²) in [6.07, 6.45) is 1.56. The third-order valence-corrected chi connectivity index (χ3v) is 5.12. The van der Waals surface area contributed by atoms with Gasteiger partial charge in [0.25, 0.3) is 0 Å². The van der Waals surface area contributed by atoms with E-state index in [1.54, 1.807) is 24.4 Å². The smallest absolute Gasteiger partial charge is 0.339 e. The zero-order valence-electron chi connectivity index (χ0n) is 13.5. The van der Waals surface area contributed by atoms with E-state index in [-0.39, 0.29) is 27.1 Å². The van der Waals surface area contributed by atoms with E-state index in [1.807, 2.05) is 0 Å². The molecule has 0 bridgehead atoms. The molecule has 0 unspecified atom stereocenters. The second-order valence-corrected chi connectivity index (χ2v) is 7.46. The first-order valence-corrected chi connectivity index (χ1v) is 9.42. The molecule has 0 saturated carbocycles. The highest BCUT2D eigenvalue weighted by molar-refractivity contribution is 7.87. The summed E-state index contributed by atoms with van der Waals surface area (Å²) >= 11 is 5.99. The SMILES string of the molecule is O=S(=O)(Oc1cc(Cl)ccc1-c1nc2ncccc2o1)c1ccc(F)cc1. The predicted octanol–water partition coefficient (Wildman–Crippen LogP) is 4.45. The van der Waals surface area contributed by atoms with Crippen LogP contribution in [0.2, 0.25) is 5.02 Å². The minimum absolute atomic E-state index is 0.0709. The molecular weight excluding hydrogens is 395 g/mol. The van der Waals surface area contributed by atoms with Crippen LogP contribution in [0.25, 0.3) is 22.7 Å². The summed E-state index contributed by atoms with van der Waals surface area (Å²) in [5, 5.41) is 0.261. The third-order valence-electron chi connectivity index (χ3n) is 3.64. The van der Waals surface area contributed by atoms with Gasteiger partial charge in [-0.15, -0.1) is 0 Å². The average molecular weight is 405 g/mol. The molecule has 0 aliphatic carbocycles. The molecular formula is C18H10ClFN2O4S. The molecule has 136 valence electrons. The van der Waals surface area contributed by atoms with Crippen LogP contribution in [0.15, 0.2) is 70.1 Å². The van der Waals surface area contributed by atoms with Gasteiger partial charge in [0.1, 0.15) is 10.7 Å². The second kappa shape index (κ2) is 6.64. The summed E-state index contributed by atoms with van der Waals surface area (Å²) in [7, 11) is -4.22. The van der Waals surface area contributed by atoms with Crippen molar-refractivity contribution in [2.45, 2.75) is 4.90 Å². The summed E-state index contributed by atoms with van der Waals surface area (Å²) in [5.41, 5.74) is 1.09. The predicted molar refractivity (Wildman–Crippen MR) is 96.5 cm³/mol. The van der Waals surface area contributed by atoms with Crippen molar-refractivity contribution in [3.05, 3.63) is 71.6 Å². The number of oxazole rings is 1.